The average Bonchev–Trinajstić information content (AvgIpc) is 2.24. The zero-order valence-electron chi connectivity index (χ0n) is 9.21. The Labute approximate surface area is 93.2 Å². The van der Waals surface area contributed by atoms with Crippen LogP contribution in [0.2, 0.25) is 0 Å². The van der Waals surface area contributed by atoms with Crippen molar-refractivity contribution in [2.45, 2.75) is 19.0 Å². The normalized spacial score (nSPS) is 12.8. The number of ether oxygens (including phenoxy) is 1. The van der Waals surface area contributed by atoms with Gasteiger partial charge >= 0.3 is 0 Å². The van der Waals surface area contributed by atoms with Gasteiger partial charge in [-0.1, -0.05) is 0 Å². The van der Waals surface area contributed by atoms with Gasteiger partial charge < -0.3 is 20.5 Å². The number of amides is 1. The van der Waals surface area contributed by atoms with Crippen LogP contribution in [0.3, 0.4) is 0 Å². The summed E-state index contributed by atoms with van der Waals surface area (Å²) in [6.07, 6.45) is -3.83. The molecule has 0 saturated heterocycles. The molecule has 0 aromatic rings. The van der Waals surface area contributed by atoms with E-state index >= 15 is 0 Å². The second-order valence-corrected chi connectivity index (χ2v) is 3.23. The van der Waals surface area contributed by atoms with Crippen LogP contribution in [0.15, 0.2) is 0 Å². The topological polar surface area (TPSA) is 70.6 Å². The van der Waals surface area contributed by atoms with Crippen LogP contribution in [0.4, 0.5) is 8.78 Å². The third kappa shape index (κ3) is 8.51. The molecule has 0 aliphatic rings. The monoisotopic (exact) mass is 240 g/mol. The number of alkyl halides is 2. The van der Waals surface area contributed by atoms with Crippen LogP contribution in [0.5, 0.6) is 0 Å². The molecule has 3 N–H and O–H groups in total. The Hall–Kier alpha value is -0.790. The maximum Gasteiger partial charge on any atom is 0.265 e. The first-order valence-electron chi connectivity index (χ1n) is 5.00. The van der Waals surface area contributed by atoms with Crippen LogP contribution in [0, 0.1) is 0 Å². The average molecular weight is 240 g/mol. The van der Waals surface area contributed by atoms with E-state index in [0.29, 0.717) is 19.6 Å². The number of aliphatic hydroxyl groups excluding tert-OH is 1. The maximum atomic E-state index is 11.8. The fraction of sp³-hybridized carbons (Fsp3) is 0.889. The second kappa shape index (κ2) is 9.44. The highest BCUT2D eigenvalue weighted by molar-refractivity contribution is 5.77. The molecular weight excluding hydrogens is 222 g/mol. The van der Waals surface area contributed by atoms with Crippen molar-refractivity contribution in [3.63, 3.8) is 0 Å². The number of hydrogen-bond acceptors (Lipinski definition) is 4. The molecule has 0 rings (SSSR count). The van der Waals surface area contributed by atoms with Crippen LogP contribution >= 0.6 is 0 Å². The van der Waals surface area contributed by atoms with E-state index in [9.17, 15) is 13.6 Å². The third-order valence-corrected chi connectivity index (χ3v) is 1.78. The maximum absolute atomic E-state index is 11.8. The van der Waals surface area contributed by atoms with Gasteiger partial charge in [0, 0.05) is 26.8 Å². The summed E-state index contributed by atoms with van der Waals surface area (Å²) in [5.74, 6) is -0.294. The number of halogens is 2. The lowest BCUT2D eigenvalue weighted by Gasteiger charge is -2.10. The number of nitrogens with one attached hydrogen (secondary N) is 2. The summed E-state index contributed by atoms with van der Waals surface area (Å²) in [4.78, 5) is 11.1. The van der Waals surface area contributed by atoms with Gasteiger partial charge in [-0.3, -0.25) is 4.79 Å². The summed E-state index contributed by atoms with van der Waals surface area (Å²) in [7, 11) is 1.56. The fourth-order valence-electron chi connectivity index (χ4n) is 0.929. The molecule has 0 aliphatic carbocycles. The molecule has 0 bridgehead atoms. The van der Waals surface area contributed by atoms with Crippen LogP contribution in [-0.2, 0) is 9.53 Å². The van der Waals surface area contributed by atoms with Gasteiger partial charge in [0.15, 0.2) is 0 Å². The Kier molecular flexibility index (Phi) is 8.97. The molecule has 0 fully saturated rings. The van der Waals surface area contributed by atoms with Crippen molar-refractivity contribution < 1.29 is 23.4 Å². The predicted octanol–water partition coefficient (Wildman–Crippen LogP) is -0.645. The lowest BCUT2D eigenvalue weighted by Crippen LogP contribution is -2.39. The van der Waals surface area contributed by atoms with E-state index in [4.69, 9.17) is 9.84 Å². The van der Waals surface area contributed by atoms with E-state index in [0.717, 1.165) is 0 Å². The van der Waals surface area contributed by atoms with Crippen LogP contribution in [0.25, 0.3) is 0 Å². The lowest BCUT2D eigenvalue weighted by molar-refractivity contribution is -0.120. The van der Waals surface area contributed by atoms with Crippen molar-refractivity contribution in [2.75, 3.05) is 33.4 Å². The molecule has 16 heavy (non-hydrogen) atoms. The number of carbonyl (C=O) groups is 1. The summed E-state index contributed by atoms with van der Waals surface area (Å²) in [6, 6.07) is 0. The van der Waals surface area contributed by atoms with Crippen LogP contribution < -0.4 is 10.6 Å². The Balaban J connectivity index is 3.37. The van der Waals surface area contributed by atoms with Crippen LogP contribution in [-0.4, -0.2) is 56.9 Å². The van der Waals surface area contributed by atoms with Crippen molar-refractivity contribution in [1.82, 2.24) is 10.6 Å². The van der Waals surface area contributed by atoms with E-state index in [-0.39, 0.29) is 19.0 Å². The summed E-state index contributed by atoms with van der Waals surface area (Å²) < 4.78 is 28.5. The molecule has 0 saturated carbocycles. The van der Waals surface area contributed by atoms with Crippen molar-refractivity contribution in [3.8, 4) is 0 Å². The number of hydrogen-bond donors (Lipinski definition) is 3. The highest BCUT2D eigenvalue weighted by Gasteiger charge is 2.16. The molecule has 5 nitrogen and oxygen atoms in total. The number of rotatable bonds is 9. The molecule has 0 radical (unpaired) electrons. The molecule has 0 aliphatic heterocycles. The summed E-state index contributed by atoms with van der Waals surface area (Å²) >= 11 is 0. The third-order valence-electron chi connectivity index (χ3n) is 1.78. The Bertz CT molecular complexity index is 194. The fourth-order valence-corrected chi connectivity index (χ4v) is 0.929. The van der Waals surface area contributed by atoms with Crippen molar-refractivity contribution in [3.05, 3.63) is 0 Å². The van der Waals surface area contributed by atoms with E-state index in [2.05, 4.69) is 10.6 Å². The minimum atomic E-state index is -2.79. The summed E-state index contributed by atoms with van der Waals surface area (Å²) in [5, 5.41) is 13.7. The predicted molar refractivity (Wildman–Crippen MR) is 54.4 cm³/mol. The first-order valence-corrected chi connectivity index (χ1v) is 5.00. The molecule has 0 aromatic carbocycles. The number of aliphatic hydroxyl groups is 1. The van der Waals surface area contributed by atoms with E-state index in [1.807, 2.05) is 0 Å². The van der Waals surface area contributed by atoms with Gasteiger partial charge in [0.05, 0.1) is 6.54 Å². The zero-order valence-corrected chi connectivity index (χ0v) is 9.21. The first kappa shape index (κ1) is 15.2. The van der Waals surface area contributed by atoms with E-state index in [1.165, 1.54) is 0 Å². The molecule has 0 spiro atoms. The van der Waals surface area contributed by atoms with E-state index in [1.54, 1.807) is 7.11 Å². The van der Waals surface area contributed by atoms with Crippen LogP contribution in [0.1, 0.15) is 6.42 Å². The van der Waals surface area contributed by atoms with Gasteiger partial charge in [-0.05, 0) is 6.42 Å². The minimum absolute atomic E-state index is 0.0865. The first-order chi connectivity index (χ1) is 7.57. The highest BCUT2D eigenvalue weighted by atomic mass is 19.3. The number of carbonyl (C=O) groups excluding carboxylic acids is 1. The number of methoxy groups -OCH3 is 1. The van der Waals surface area contributed by atoms with Gasteiger partial charge in [0.25, 0.3) is 6.43 Å². The van der Waals surface area contributed by atoms with Crippen molar-refractivity contribution >= 4 is 5.91 Å². The van der Waals surface area contributed by atoms with Crippen molar-refractivity contribution in [2.24, 2.45) is 0 Å². The van der Waals surface area contributed by atoms with Crippen molar-refractivity contribution in [1.29, 1.82) is 0 Å². The Morgan fingerprint density at radius 2 is 2.19 bits per heavy atom. The SMILES string of the molecule is COCCCNC(=O)CNCC(O)C(F)F. The van der Waals surface area contributed by atoms with Gasteiger partial charge in [-0.15, -0.1) is 0 Å². The Morgan fingerprint density at radius 3 is 2.75 bits per heavy atom. The smallest absolute Gasteiger partial charge is 0.265 e. The Morgan fingerprint density at radius 1 is 1.50 bits per heavy atom. The quantitative estimate of drug-likeness (QED) is 0.469. The molecule has 1 unspecified atom stereocenters. The summed E-state index contributed by atoms with van der Waals surface area (Å²) in [6.45, 7) is 0.642. The molecule has 1 atom stereocenters. The highest BCUT2D eigenvalue weighted by Crippen LogP contribution is 1.97. The molecule has 7 heteroatoms. The molecule has 1 amide bonds. The molecular formula is C9H18F2N2O3. The minimum Gasteiger partial charge on any atom is -0.386 e. The molecule has 0 aromatic heterocycles. The largest absolute Gasteiger partial charge is 0.386 e. The van der Waals surface area contributed by atoms with Gasteiger partial charge in [-0.2, -0.15) is 0 Å². The van der Waals surface area contributed by atoms with Gasteiger partial charge in [0.2, 0.25) is 5.91 Å². The van der Waals surface area contributed by atoms with Gasteiger partial charge in [0.1, 0.15) is 6.10 Å². The summed E-state index contributed by atoms with van der Waals surface area (Å²) in [5.41, 5.74) is 0. The lowest BCUT2D eigenvalue weighted by atomic mass is 10.3. The second-order valence-electron chi connectivity index (χ2n) is 3.23. The molecule has 0 heterocycles. The standard InChI is InChI=1S/C9H18F2N2O3/c1-16-4-2-3-13-8(15)6-12-5-7(14)9(10)11/h7,9,12,14H,2-6H2,1H3,(H,13,15). The molecule has 96 valence electrons. The zero-order chi connectivity index (χ0) is 12.4. The van der Waals surface area contributed by atoms with Gasteiger partial charge in [-0.25, -0.2) is 8.78 Å². The van der Waals surface area contributed by atoms with E-state index < -0.39 is 12.5 Å².